The molecule has 2 atom stereocenters. The molecule has 2 aliphatic heterocycles. The molecule has 0 spiro atoms. The van der Waals surface area contributed by atoms with Gasteiger partial charge in [0.25, 0.3) is 0 Å². The van der Waals surface area contributed by atoms with Crippen LogP contribution in [-0.2, 0) is 9.59 Å². The zero-order valence-corrected chi connectivity index (χ0v) is 15.5. The first kappa shape index (κ1) is 19.2. The molecule has 0 bridgehead atoms. The number of likely N-dealkylation sites (tertiary alicyclic amines) is 1. The molecule has 2 aliphatic rings. The molecule has 6 heteroatoms. The summed E-state index contributed by atoms with van der Waals surface area (Å²) in [5, 5.41) is 3.18. The second-order valence-electron chi connectivity index (χ2n) is 7.70. The molecule has 24 heavy (non-hydrogen) atoms. The highest BCUT2D eigenvalue weighted by Crippen LogP contribution is 2.23. The molecule has 0 saturated carbocycles. The first-order chi connectivity index (χ1) is 11.4. The zero-order valence-electron chi connectivity index (χ0n) is 15.5. The Morgan fingerprint density at radius 2 is 1.96 bits per heavy atom. The van der Waals surface area contributed by atoms with Crippen LogP contribution in [0.2, 0.25) is 0 Å². The average Bonchev–Trinajstić information content (AvgIpc) is 2.56. The van der Waals surface area contributed by atoms with Gasteiger partial charge >= 0.3 is 0 Å². The number of amides is 2. The molecule has 2 fully saturated rings. The van der Waals surface area contributed by atoms with Crippen LogP contribution in [0, 0.1) is 11.8 Å². The van der Waals surface area contributed by atoms with Crippen LogP contribution in [0.25, 0.3) is 0 Å². The Bertz CT molecular complexity index is 433. The van der Waals surface area contributed by atoms with Crippen molar-refractivity contribution in [1.29, 1.82) is 0 Å². The van der Waals surface area contributed by atoms with E-state index < -0.39 is 0 Å². The summed E-state index contributed by atoms with van der Waals surface area (Å²) in [6.07, 6.45) is 3.84. The van der Waals surface area contributed by atoms with Crippen LogP contribution < -0.4 is 11.1 Å². The maximum Gasteiger partial charge on any atom is 0.245 e. The summed E-state index contributed by atoms with van der Waals surface area (Å²) in [4.78, 5) is 29.5. The van der Waals surface area contributed by atoms with Crippen molar-refractivity contribution in [1.82, 2.24) is 15.1 Å². The van der Waals surface area contributed by atoms with Gasteiger partial charge in [-0.05, 0) is 51.0 Å². The Balaban J connectivity index is 2.04. The molecule has 2 rings (SSSR count). The fraction of sp³-hybridized carbons (Fsp3) is 0.889. The quantitative estimate of drug-likeness (QED) is 0.751. The van der Waals surface area contributed by atoms with Gasteiger partial charge in [0.2, 0.25) is 11.8 Å². The van der Waals surface area contributed by atoms with Gasteiger partial charge in [-0.15, -0.1) is 0 Å². The Morgan fingerprint density at radius 1 is 1.29 bits per heavy atom. The van der Waals surface area contributed by atoms with Crippen molar-refractivity contribution in [3.05, 3.63) is 0 Å². The summed E-state index contributed by atoms with van der Waals surface area (Å²) in [7, 11) is 0. The van der Waals surface area contributed by atoms with Gasteiger partial charge in [0.1, 0.15) is 6.04 Å². The highest BCUT2D eigenvalue weighted by atomic mass is 16.2. The van der Waals surface area contributed by atoms with Crippen molar-refractivity contribution in [2.45, 2.75) is 58.5 Å². The predicted octanol–water partition coefficient (Wildman–Crippen LogP) is 0.809. The van der Waals surface area contributed by atoms with Crippen LogP contribution in [0.1, 0.15) is 46.5 Å². The molecule has 3 N–H and O–H groups in total. The van der Waals surface area contributed by atoms with Gasteiger partial charge in [-0.2, -0.15) is 0 Å². The van der Waals surface area contributed by atoms with Crippen LogP contribution in [0.3, 0.4) is 0 Å². The summed E-state index contributed by atoms with van der Waals surface area (Å²) in [6, 6.07) is -0.510. The van der Waals surface area contributed by atoms with E-state index in [2.05, 4.69) is 19.2 Å². The first-order valence-corrected chi connectivity index (χ1v) is 9.46. The summed E-state index contributed by atoms with van der Waals surface area (Å²) >= 11 is 0. The van der Waals surface area contributed by atoms with Crippen molar-refractivity contribution >= 4 is 11.8 Å². The number of nitrogens with one attached hydrogen (secondary N) is 1. The van der Waals surface area contributed by atoms with E-state index in [1.807, 2.05) is 16.7 Å². The van der Waals surface area contributed by atoms with E-state index >= 15 is 0 Å². The predicted molar refractivity (Wildman–Crippen MR) is 95.4 cm³/mol. The SMILES string of the molecule is CC(C)C[C@@H](C(=O)N1CCC(CCN)CC1)N1CCN[C@@H](C)C1=O. The molecule has 0 aromatic carbocycles. The van der Waals surface area contributed by atoms with Gasteiger partial charge in [-0.1, -0.05) is 13.8 Å². The number of nitrogens with two attached hydrogens (primary N) is 1. The van der Waals surface area contributed by atoms with Gasteiger partial charge in [-0.3, -0.25) is 9.59 Å². The molecule has 2 heterocycles. The third-order valence-electron chi connectivity index (χ3n) is 5.31. The first-order valence-electron chi connectivity index (χ1n) is 9.46. The monoisotopic (exact) mass is 338 g/mol. The molecule has 0 radical (unpaired) electrons. The molecule has 0 aliphatic carbocycles. The van der Waals surface area contributed by atoms with E-state index in [1.54, 1.807) is 0 Å². The van der Waals surface area contributed by atoms with E-state index in [-0.39, 0.29) is 23.9 Å². The lowest BCUT2D eigenvalue weighted by Gasteiger charge is -2.41. The number of nitrogens with zero attached hydrogens (tertiary/aromatic N) is 2. The second kappa shape index (κ2) is 8.81. The minimum absolute atomic E-state index is 0.0540. The van der Waals surface area contributed by atoms with Crippen molar-refractivity contribution < 1.29 is 9.59 Å². The number of carbonyl (C=O) groups excluding carboxylic acids is 2. The van der Waals surface area contributed by atoms with Crippen molar-refractivity contribution in [2.24, 2.45) is 17.6 Å². The van der Waals surface area contributed by atoms with Gasteiger partial charge in [0.15, 0.2) is 0 Å². The Labute approximate surface area is 146 Å². The third-order valence-corrected chi connectivity index (χ3v) is 5.31. The van der Waals surface area contributed by atoms with E-state index in [0.717, 1.165) is 51.9 Å². The Hall–Kier alpha value is -1.14. The molecule has 2 amide bonds. The van der Waals surface area contributed by atoms with Crippen LogP contribution in [0.4, 0.5) is 0 Å². The molecule has 138 valence electrons. The fourth-order valence-corrected chi connectivity index (χ4v) is 3.85. The highest BCUT2D eigenvalue weighted by Gasteiger charge is 2.37. The van der Waals surface area contributed by atoms with E-state index in [9.17, 15) is 9.59 Å². The topological polar surface area (TPSA) is 78.7 Å². The van der Waals surface area contributed by atoms with Crippen LogP contribution >= 0.6 is 0 Å². The number of hydrogen-bond acceptors (Lipinski definition) is 4. The summed E-state index contributed by atoms with van der Waals surface area (Å²) in [6.45, 7) is 9.81. The molecule has 6 nitrogen and oxygen atoms in total. The second-order valence-corrected chi connectivity index (χ2v) is 7.70. The van der Waals surface area contributed by atoms with Gasteiger partial charge in [-0.25, -0.2) is 0 Å². The summed E-state index contributed by atoms with van der Waals surface area (Å²) < 4.78 is 0. The minimum atomic E-state index is -0.312. The normalized spacial score (nSPS) is 24.5. The van der Waals surface area contributed by atoms with Gasteiger partial charge in [0.05, 0.1) is 6.04 Å². The van der Waals surface area contributed by atoms with E-state index in [4.69, 9.17) is 5.73 Å². The van der Waals surface area contributed by atoms with Crippen LogP contribution in [0.5, 0.6) is 0 Å². The number of piperazine rings is 1. The van der Waals surface area contributed by atoms with Gasteiger partial charge in [0, 0.05) is 26.2 Å². The largest absolute Gasteiger partial charge is 0.341 e. The number of hydrogen-bond donors (Lipinski definition) is 2. The molecular weight excluding hydrogens is 304 g/mol. The van der Waals surface area contributed by atoms with Crippen molar-refractivity contribution in [3.8, 4) is 0 Å². The van der Waals surface area contributed by atoms with Crippen LogP contribution in [-0.4, -0.2) is 66.4 Å². The fourth-order valence-electron chi connectivity index (χ4n) is 3.85. The highest BCUT2D eigenvalue weighted by molar-refractivity contribution is 5.90. The Kier molecular flexibility index (Phi) is 7.04. The van der Waals surface area contributed by atoms with Gasteiger partial charge < -0.3 is 20.9 Å². The molecule has 0 unspecified atom stereocenters. The standard InChI is InChI=1S/C18H34N4O2/c1-13(2)12-16(22-11-8-20-14(3)17(22)23)18(24)21-9-5-15(4-7-19)6-10-21/h13-16,20H,4-12,19H2,1-3H3/t14-,16-/m0/s1. The molecule has 2 saturated heterocycles. The van der Waals surface area contributed by atoms with E-state index in [0.29, 0.717) is 18.4 Å². The summed E-state index contributed by atoms with van der Waals surface area (Å²) in [5.74, 6) is 1.21. The number of rotatable bonds is 6. The maximum absolute atomic E-state index is 13.1. The number of piperidine rings is 1. The van der Waals surface area contributed by atoms with Crippen molar-refractivity contribution in [3.63, 3.8) is 0 Å². The lowest BCUT2D eigenvalue weighted by atomic mass is 9.92. The Morgan fingerprint density at radius 3 is 2.54 bits per heavy atom. The lowest BCUT2D eigenvalue weighted by molar-refractivity contribution is -0.150. The zero-order chi connectivity index (χ0) is 17.7. The maximum atomic E-state index is 13.1. The third kappa shape index (κ3) is 4.70. The van der Waals surface area contributed by atoms with E-state index in [1.165, 1.54) is 0 Å². The van der Waals surface area contributed by atoms with Crippen LogP contribution in [0.15, 0.2) is 0 Å². The smallest absolute Gasteiger partial charge is 0.245 e. The molecule has 0 aromatic heterocycles. The molecular formula is C18H34N4O2. The molecule has 0 aromatic rings. The lowest BCUT2D eigenvalue weighted by Crippen LogP contribution is -2.61. The average molecular weight is 338 g/mol. The summed E-state index contributed by atoms with van der Waals surface area (Å²) in [5.41, 5.74) is 5.65. The number of carbonyl (C=O) groups is 2. The minimum Gasteiger partial charge on any atom is -0.341 e. The van der Waals surface area contributed by atoms with Crippen molar-refractivity contribution in [2.75, 3.05) is 32.7 Å².